The van der Waals surface area contributed by atoms with E-state index in [0.29, 0.717) is 6.04 Å². The standard InChI is InChI=1S/C15H20N2/c16-14-8-13(9-14)12-6-10-2-1-4-17-5-3-11(7-12)15(10)17/h6-7,13-14H,1-5,8-9,16H2. The van der Waals surface area contributed by atoms with Crippen LogP contribution < -0.4 is 10.6 Å². The second-order valence-corrected chi connectivity index (χ2v) is 5.96. The average molecular weight is 228 g/mol. The Kier molecular flexibility index (Phi) is 2.04. The Balaban J connectivity index is 1.75. The van der Waals surface area contributed by atoms with E-state index in [-0.39, 0.29) is 0 Å². The monoisotopic (exact) mass is 228 g/mol. The molecule has 4 rings (SSSR count). The van der Waals surface area contributed by atoms with Crippen molar-refractivity contribution in [2.45, 2.75) is 44.1 Å². The molecule has 0 bridgehead atoms. The fourth-order valence-electron chi connectivity index (χ4n) is 3.80. The van der Waals surface area contributed by atoms with E-state index in [1.54, 1.807) is 22.4 Å². The molecule has 2 aliphatic heterocycles. The first-order valence-corrected chi connectivity index (χ1v) is 6.97. The minimum absolute atomic E-state index is 0.459. The minimum atomic E-state index is 0.459. The smallest absolute Gasteiger partial charge is 0.0432 e. The van der Waals surface area contributed by atoms with Gasteiger partial charge in [0, 0.05) is 24.8 Å². The van der Waals surface area contributed by atoms with Crippen LogP contribution in [0.1, 0.15) is 41.9 Å². The first-order chi connectivity index (χ1) is 8.31. The summed E-state index contributed by atoms with van der Waals surface area (Å²) in [7, 11) is 0. The molecule has 2 heterocycles. The Morgan fingerprint density at radius 3 is 2.59 bits per heavy atom. The third-order valence-corrected chi connectivity index (χ3v) is 4.78. The van der Waals surface area contributed by atoms with E-state index in [0.717, 1.165) is 5.92 Å². The summed E-state index contributed by atoms with van der Waals surface area (Å²) < 4.78 is 0. The summed E-state index contributed by atoms with van der Waals surface area (Å²) in [5, 5.41) is 0. The van der Waals surface area contributed by atoms with Gasteiger partial charge in [0.05, 0.1) is 0 Å². The van der Waals surface area contributed by atoms with E-state index in [4.69, 9.17) is 5.73 Å². The normalized spacial score (nSPS) is 30.1. The molecular formula is C15H20N2. The number of rotatable bonds is 1. The van der Waals surface area contributed by atoms with Crippen LogP contribution in [-0.4, -0.2) is 19.1 Å². The van der Waals surface area contributed by atoms with Gasteiger partial charge in [-0.25, -0.2) is 0 Å². The molecule has 0 radical (unpaired) electrons. The van der Waals surface area contributed by atoms with Crippen LogP contribution in [0.3, 0.4) is 0 Å². The lowest BCUT2D eigenvalue weighted by molar-refractivity contribution is 0.351. The maximum atomic E-state index is 5.91. The molecule has 17 heavy (non-hydrogen) atoms. The van der Waals surface area contributed by atoms with Gasteiger partial charge in [0.15, 0.2) is 0 Å². The van der Waals surface area contributed by atoms with Crippen LogP contribution in [0.4, 0.5) is 5.69 Å². The molecule has 0 spiro atoms. The highest BCUT2D eigenvalue weighted by atomic mass is 15.2. The van der Waals surface area contributed by atoms with Crippen molar-refractivity contribution in [1.82, 2.24) is 0 Å². The molecule has 2 heteroatoms. The second-order valence-electron chi connectivity index (χ2n) is 5.96. The third-order valence-electron chi connectivity index (χ3n) is 4.78. The largest absolute Gasteiger partial charge is 0.371 e. The van der Waals surface area contributed by atoms with Crippen molar-refractivity contribution >= 4 is 5.69 Å². The highest BCUT2D eigenvalue weighted by molar-refractivity contribution is 5.66. The Morgan fingerprint density at radius 1 is 1.06 bits per heavy atom. The zero-order valence-electron chi connectivity index (χ0n) is 10.3. The summed E-state index contributed by atoms with van der Waals surface area (Å²) >= 11 is 0. The zero-order chi connectivity index (χ0) is 11.4. The predicted octanol–water partition coefficient (Wildman–Crippen LogP) is 2.20. The first kappa shape index (κ1) is 9.95. The van der Waals surface area contributed by atoms with Crippen molar-refractivity contribution in [3.8, 4) is 0 Å². The van der Waals surface area contributed by atoms with E-state index >= 15 is 0 Å². The van der Waals surface area contributed by atoms with E-state index in [9.17, 15) is 0 Å². The van der Waals surface area contributed by atoms with Crippen molar-refractivity contribution in [1.29, 1.82) is 0 Å². The summed E-state index contributed by atoms with van der Waals surface area (Å²) in [6, 6.07) is 5.41. The van der Waals surface area contributed by atoms with Crippen molar-refractivity contribution in [3.05, 3.63) is 28.8 Å². The van der Waals surface area contributed by atoms with Gasteiger partial charge in [0.1, 0.15) is 0 Å². The first-order valence-electron chi connectivity index (χ1n) is 6.97. The SMILES string of the molecule is NC1CC(c2cc3c4c(c2)CCN4CCC3)C1. The van der Waals surface area contributed by atoms with Gasteiger partial charge in [-0.3, -0.25) is 0 Å². The summed E-state index contributed by atoms with van der Waals surface area (Å²) in [6.07, 6.45) is 6.27. The minimum Gasteiger partial charge on any atom is -0.371 e. The van der Waals surface area contributed by atoms with Crippen LogP contribution >= 0.6 is 0 Å². The lowest BCUT2D eigenvalue weighted by Gasteiger charge is -2.34. The van der Waals surface area contributed by atoms with E-state index < -0.39 is 0 Å². The summed E-state index contributed by atoms with van der Waals surface area (Å²) in [6.45, 7) is 2.52. The second kappa shape index (κ2) is 3.49. The van der Waals surface area contributed by atoms with Gasteiger partial charge < -0.3 is 10.6 Å². The topological polar surface area (TPSA) is 29.3 Å². The molecule has 2 N–H and O–H groups in total. The lowest BCUT2D eigenvalue weighted by atomic mass is 9.75. The maximum absolute atomic E-state index is 5.91. The molecular weight excluding hydrogens is 208 g/mol. The molecule has 0 unspecified atom stereocenters. The van der Waals surface area contributed by atoms with E-state index in [1.165, 1.54) is 45.2 Å². The highest BCUT2D eigenvalue weighted by Crippen LogP contribution is 2.42. The van der Waals surface area contributed by atoms with Gasteiger partial charge in [0.25, 0.3) is 0 Å². The van der Waals surface area contributed by atoms with Gasteiger partial charge in [-0.15, -0.1) is 0 Å². The van der Waals surface area contributed by atoms with Crippen LogP contribution in [-0.2, 0) is 12.8 Å². The van der Waals surface area contributed by atoms with Crippen LogP contribution in [0.15, 0.2) is 12.1 Å². The maximum Gasteiger partial charge on any atom is 0.0432 e. The molecule has 1 aromatic carbocycles. The molecule has 0 amide bonds. The Hall–Kier alpha value is -1.02. The molecule has 1 aliphatic carbocycles. The molecule has 90 valence electrons. The molecule has 0 atom stereocenters. The fourth-order valence-corrected chi connectivity index (χ4v) is 3.80. The lowest BCUT2D eigenvalue weighted by Crippen LogP contribution is -2.35. The number of anilines is 1. The van der Waals surface area contributed by atoms with E-state index in [2.05, 4.69) is 17.0 Å². The summed E-state index contributed by atoms with van der Waals surface area (Å²) in [4.78, 5) is 2.59. The number of hydrogen-bond acceptors (Lipinski definition) is 2. The fraction of sp³-hybridized carbons (Fsp3) is 0.600. The third kappa shape index (κ3) is 1.43. The Bertz CT molecular complexity index is 460. The van der Waals surface area contributed by atoms with Crippen molar-refractivity contribution < 1.29 is 0 Å². The van der Waals surface area contributed by atoms with Gasteiger partial charge in [-0.05, 0) is 54.7 Å². The Morgan fingerprint density at radius 2 is 1.82 bits per heavy atom. The van der Waals surface area contributed by atoms with Crippen LogP contribution in [0.2, 0.25) is 0 Å². The number of nitrogens with two attached hydrogens (primary N) is 1. The molecule has 0 aromatic heterocycles. The average Bonchev–Trinajstić information content (AvgIpc) is 2.70. The van der Waals surface area contributed by atoms with Gasteiger partial charge in [0.2, 0.25) is 0 Å². The van der Waals surface area contributed by atoms with Crippen molar-refractivity contribution in [3.63, 3.8) is 0 Å². The molecule has 1 saturated carbocycles. The van der Waals surface area contributed by atoms with Crippen LogP contribution in [0.25, 0.3) is 0 Å². The quantitative estimate of drug-likeness (QED) is 0.798. The molecule has 1 aromatic rings. The Labute approximate surface area is 103 Å². The zero-order valence-corrected chi connectivity index (χ0v) is 10.3. The van der Waals surface area contributed by atoms with Gasteiger partial charge in [-0.1, -0.05) is 12.1 Å². The molecule has 0 saturated heterocycles. The van der Waals surface area contributed by atoms with Gasteiger partial charge >= 0.3 is 0 Å². The van der Waals surface area contributed by atoms with E-state index in [1.807, 2.05) is 0 Å². The summed E-state index contributed by atoms with van der Waals surface area (Å²) in [5.41, 5.74) is 12.3. The van der Waals surface area contributed by atoms with Gasteiger partial charge in [-0.2, -0.15) is 0 Å². The van der Waals surface area contributed by atoms with Crippen LogP contribution in [0, 0.1) is 0 Å². The van der Waals surface area contributed by atoms with Crippen molar-refractivity contribution in [2.75, 3.05) is 18.0 Å². The predicted molar refractivity (Wildman–Crippen MR) is 70.6 cm³/mol. The number of nitrogens with zero attached hydrogens (tertiary/aromatic N) is 1. The number of benzene rings is 1. The summed E-state index contributed by atoms with van der Waals surface area (Å²) in [5.74, 6) is 0.752. The van der Waals surface area contributed by atoms with Crippen LogP contribution in [0.5, 0.6) is 0 Å². The highest BCUT2D eigenvalue weighted by Gasteiger charge is 2.31. The number of aryl methyl sites for hydroxylation is 1. The molecule has 2 nitrogen and oxygen atoms in total. The number of hydrogen-bond donors (Lipinski definition) is 1. The molecule has 3 aliphatic rings. The molecule has 1 fully saturated rings. The van der Waals surface area contributed by atoms with Crippen molar-refractivity contribution in [2.24, 2.45) is 5.73 Å².